The average molecular weight is 938 g/mol. The topological polar surface area (TPSA) is 178 Å². The first kappa shape index (κ1) is 41.2. The lowest BCUT2D eigenvalue weighted by molar-refractivity contribution is 0.595. The molecule has 0 unspecified atom stereocenters. The van der Waals surface area contributed by atoms with Gasteiger partial charge in [-0.15, -0.1) is 0 Å². The van der Waals surface area contributed by atoms with Gasteiger partial charge in [-0.3, -0.25) is 9.44 Å². The zero-order valence-corrected chi connectivity index (χ0v) is 33.4. The number of nitrogens with one attached hydrogen (secondary N) is 2. The van der Waals surface area contributed by atoms with Crippen molar-refractivity contribution in [3.63, 3.8) is 0 Å². The SMILES string of the molecule is Brc1cnc(Br)c2ccccc12.NS(=O)(=O)c1ccc(F)cc1.O=S(=O)(Nc1cnc(NS(=O)(=O)c2ccc(F)cc2)c2ccccc12)c1ccc(F)cc1. The molecule has 0 bridgehead atoms. The van der Waals surface area contributed by atoms with Gasteiger partial charge in [-0.1, -0.05) is 48.5 Å². The van der Waals surface area contributed by atoms with Gasteiger partial charge in [0.1, 0.15) is 27.9 Å². The van der Waals surface area contributed by atoms with Crippen LogP contribution in [0.15, 0.2) is 157 Å². The molecule has 0 spiro atoms. The molecule has 0 atom stereocenters. The number of fused-ring (bicyclic) bond motifs is 2. The zero-order valence-electron chi connectivity index (χ0n) is 27.7. The largest absolute Gasteiger partial charge is 0.277 e. The van der Waals surface area contributed by atoms with Gasteiger partial charge in [0.2, 0.25) is 10.0 Å². The summed E-state index contributed by atoms with van der Waals surface area (Å²) in [6.45, 7) is 0. The minimum atomic E-state index is -4.07. The number of hydrogen-bond acceptors (Lipinski definition) is 8. The van der Waals surface area contributed by atoms with Crippen LogP contribution in [0.25, 0.3) is 21.5 Å². The molecule has 7 rings (SSSR count). The van der Waals surface area contributed by atoms with Crippen molar-refractivity contribution in [2.24, 2.45) is 5.14 Å². The molecule has 4 N–H and O–H groups in total. The molecule has 0 fully saturated rings. The van der Waals surface area contributed by atoms with E-state index in [-0.39, 0.29) is 26.2 Å². The van der Waals surface area contributed by atoms with E-state index in [0.29, 0.717) is 10.8 Å². The van der Waals surface area contributed by atoms with Crippen molar-refractivity contribution in [1.29, 1.82) is 0 Å². The fraction of sp³-hybridized carbons (Fsp3) is 0. The highest BCUT2D eigenvalue weighted by atomic mass is 79.9. The molecule has 19 heteroatoms. The molecule has 5 aromatic carbocycles. The van der Waals surface area contributed by atoms with E-state index in [4.69, 9.17) is 5.14 Å². The Hall–Kier alpha value is -4.92. The maximum Gasteiger partial charge on any atom is 0.263 e. The molecule has 55 heavy (non-hydrogen) atoms. The monoisotopic (exact) mass is 935 g/mol. The minimum Gasteiger partial charge on any atom is -0.277 e. The van der Waals surface area contributed by atoms with Gasteiger partial charge in [0.15, 0.2) is 0 Å². The van der Waals surface area contributed by atoms with Crippen LogP contribution in [-0.4, -0.2) is 35.2 Å². The Balaban J connectivity index is 0.000000204. The second-order valence-electron chi connectivity index (χ2n) is 11.1. The summed E-state index contributed by atoms with van der Waals surface area (Å²) in [6.07, 6.45) is 2.97. The van der Waals surface area contributed by atoms with Crippen molar-refractivity contribution in [1.82, 2.24) is 9.97 Å². The fourth-order valence-corrected chi connectivity index (χ4v) is 8.23. The van der Waals surface area contributed by atoms with Gasteiger partial charge in [-0.25, -0.2) is 53.5 Å². The number of benzene rings is 5. The molecule has 0 saturated heterocycles. The summed E-state index contributed by atoms with van der Waals surface area (Å²) in [5.41, 5.74) is 0.106. The summed E-state index contributed by atoms with van der Waals surface area (Å²) < 4.78 is 117. The third kappa shape index (κ3) is 10.6. The summed E-state index contributed by atoms with van der Waals surface area (Å²) in [7, 11) is -11.8. The highest BCUT2D eigenvalue weighted by Gasteiger charge is 2.20. The highest BCUT2D eigenvalue weighted by molar-refractivity contribution is 9.11. The number of nitrogens with zero attached hydrogens (tertiary/aromatic N) is 2. The first-order chi connectivity index (χ1) is 25.9. The van der Waals surface area contributed by atoms with Gasteiger partial charge in [-0.05, 0) is 105 Å². The lowest BCUT2D eigenvalue weighted by Crippen LogP contribution is -2.16. The van der Waals surface area contributed by atoms with Crippen LogP contribution in [0.3, 0.4) is 0 Å². The third-order valence-corrected chi connectivity index (χ3v) is 12.3. The van der Waals surface area contributed by atoms with E-state index in [1.165, 1.54) is 11.6 Å². The lowest BCUT2D eigenvalue weighted by Gasteiger charge is -2.14. The normalized spacial score (nSPS) is 11.5. The van der Waals surface area contributed by atoms with Crippen LogP contribution >= 0.6 is 31.9 Å². The number of sulfonamides is 3. The number of primary sulfonamides is 1. The summed E-state index contributed by atoms with van der Waals surface area (Å²) in [5, 5.41) is 7.78. The second-order valence-corrected chi connectivity index (χ2v) is 17.7. The Labute approximate surface area is 330 Å². The van der Waals surface area contributed by atoms with Crippen molar-refractivity contribution < 1.29 is 38.4 Å². The molecular weight excluding hydrogens is 911 g/mol. The van der Waals surface area contributed by atoms with Gasteiger partial charge in [0, 0.05) is 32.2 Å². The number of hydrogen-bond donors (Lipinski definition) is 3. The Kier molecular flexibility index (Phi) is 12.9. The Morgan fingerprint density at radius 3 is 1.38 bits per heavy atom. The van der Waals surface area contributed by atoms with Gasteiger partial charge in [-0.2, -0.15) is 0 Å². The van der Waals surface area contributed by atoms with E-state index in [2.05, 4.69) is 57.3 Å². The molecule has 2 heterocycles. The molecule has 2 aromatic heterocycles. The maximum absolute atomic E-state index is 13.1. The van der Waals surface area contributed by atoms with Crippen LogP contribution in [0.5, 0.6) is 0 Å². The van der Waals surface area contributed by atoms with Crippen LogP contribution < -0.4 is 14.6 Å². The molecule has 0 saturated carbocycles. The lowest BCUT2D eigenvalue weighted by atomic mass is 10.1. The van der Waals surface area contributed by atoms with Crippen LogP contribution in [0.1, 0.15) is 0 Å². The van der Waals surface area contributed by atoms with Crippen LogP contribution in [0, 0.1) is 17.5 Å². The van der Waals surface area contributed by atoms with Gasteiger partial charge in [0.05, 0.1) is 26.6 Å². The molecule has 0 aliphatic carbocycles. The molecule has 0 radical (unpaired) electrons. The molecule has 0 aliphatic heterocycles. The molecule has 11 nitrogen and oxygen atoms in total. The fourth-order valence-electron chi connectivity index (χ4n) is 4.72. The Morgan fingerprint density at radius 2 is 0.909 bits per heavy atom. The Bertz CT molecular complexity index is 2670. The van der Waals surface area contributed by atoms with E-state index >= 15 is 0 Å². The van der Waals surface area contributed by atoms with Gasteiger partial charge >= 0.3 is 0 Å². The first-order valence-electron chi connectivity index (χ1n) is 15.4. The molecule has 284 valence electrons. The predicted molar refractivity (Wildman–Crippen MR) is 211 cm³/mol. The summed E-state index contributed by atoms with van der Waals surface area (Å²) >= 11 is 6.85. The zero-order chi connectivity index (χ0) is 40.0. The second kappa shape index (κ2) is 17.3. The van der Waals surface area contributed by atoms with E-state index in [1.54, 1.807) is 30.5 Å². The molecular formula is C36H26Br2F3N5O6S3. The van der Waals surface area contributed by atoms with Crippen molar-refractivity contribution in [3.05, 3.63) is 160 Å². The quantitative estimate of drug-likeness (QED) is 0.134. The third-order valence-electron chi connectivity index (χ3n) is 7.36. The minimum absolute atomic E-state index is 0.0327. The summed E-state index contributed by atoms with van der Waals surface area (Å²) in [6, 6.07) is 27.5. The van der Waals surface area contributed by atoms with E-state index < -0.39 is 47.5 Å². The van der Waals surface area contributed by atoms with E-state index in [0.717, 1.165) is 87.3 Å². The van der Waals surface area contributed by atoms with Crippen LogP contribution in [0.4, 0.5) is 24.7 Å². The number of anilines is 2. The average Bonchev–Trinajstić information content (AvgIpc) is 3.15. The molecule has 7 aromatic rings. The van der Waals surface area contributed by atoms with Crippen molar-refractivity contribution in [2.45, 2.75) is 14.7 Å². The summed E-state index contributed by atoms with van der Waals surface area (Å²) in [5.74, 6) is -1.67. The number of halogens is 5. The van der Waals surface area contributed by atoms with E-state index in [1.807, 2.05) is 18.2 Å². The Morgan fingerprint density at radius 1 is 0.491 bits per heavy atom. The number of rotatable bonds is 7. The van der Waals surface area contributed by atoms with Crippen molar-refractivity contribution in [2.75, 3.05) is 9.44 Å². The molecule has 0 aliphatic rings. The maximum atomic E-state index is 13.1. The van der Waals surface area contributed by atoms with Crippen LogP contribution in [0.2, 0.25) is 0 Å². The number of aromatic nitrogens is 2. The van der Waals surface area contributed by atoms with Gasteiger partial charge in [0.25, 0.3) is 20.0 Å². The predicted octanol–water partition coefficient (Wildman–Crippen LogP) is 8.35. The summed E-state index contributed by atoms with van der Waals surface area (Å²) in [4.78, 5) is 7.86. The smallest absolute Gasteiger partial charge is 0.263 e. The van der Waals surface area contributed by atoms with Crippen molar-refractivity contribution in [3.8, 4) is 0 Å². The van der Waals surface area contributed by atoms with Crippen LogP contribution in [-0.2, 0) is 30.1 Å². The number of pyridine rings is 2. The number of nitrogens with two attached hydrogens (primary N) is 1. The first-order valence-corrected chi connectivity index (χ1v) is 21.5. The molecule has 0 amide bonds. The van der Waals surface area contributed by atoms with Gasteiger partial charge < -0.3 is 0 Å². The standard InChI is InChI=1S/C21H15F2N3O4S2.C9H5Br2N.C6H6FNO2S/c22-14-5-9-16(10-6-14)31(27,28)25-20-13-24-21(19-4-2-1-3-18(19)20)26-32(29,30)17-11-7-15(23)8-12-17;10-8-5-12-9(11)7-4-2-1-3-6(7)8;7-5-1-3-6(4-2-5)11(8,9)10/h1-13,25H,(H,24,26);1-5H;1-4H,(H2,8,9,10). The van der Waals surface area contributed by atoms with Crippen molar-refractivity contribution >= 4 is 95.0 Å². The highest BCUT2D eigenvalue weighted by Crippen LogP contribution is 2.31. The van der Waals surface area contributed by atoms with E-state index in [9.17, 15) is 38.4 Å².